The Morgan fingerprint density at radius 1 is 1.03 bits per heavy atom. The Labute approximate surface area is 214 Å². The number of likely N-dealkylation sites (N-methyl/N-ethyl adjacent to an activating group) is 1. The first-order valence-electron chi connectivity index (χ1n) is 11.1. The SMILES string of the molecule is CCNC(=O)[C@H](Cc1ccccc1)N(Cc1ccc(C)cc1)C(=O)COc1ccc(Br)cc1Cl. The van der Waals surface area contributed by atoms with Gasteiger partial charge in [-0.2, -0.15) is 0 Å². The lowest BCUT2D eigenvalue weighted by Crippen LogP contribution is -2.51. The van der Waals surface area contributed by atoms with Gasteiger partial charge < -0.3 is 15.0 Å². The van der Waals surface area contributed by atoms with E-state index in [1.54, 1.807) is 23.1 Å². The number of nitrogens with zero attached hydrogens (tertiary/aromatic N) is 1. The average Bonchev–Trinajstić information content (AvgIpc) is 2.82. The molecule has 0 aliphatic carbocycles. The first-order valence-corrected chi connectivity index (χ1v) is 12.3. The Balaban J connectivity index is 1.89. The highest BCUT2D eigenvalue weighted by atomic mass is 79.9. The maximum atomic E-state index is 13.5. The van der Waals surface area contributed by atoms with E-state index in [1.165, 1.54) is 0 Å². The molecule has 3 aromatic carbocycles. The van der Waals surface area contributed by atoms with Crippen molar-refractivity contribution in [1.82, 2.24) is 10.2 Å². The Hall–Kier alpha value is -2.83. The quantitative estimate of drug-likeness (QED) is 0.364. The van der Waals surface area contributed by atoms with Gasteiger partial charge in [0, 0.05) is 24.0 Å². The molecule has 1 N–H and O–H groups in total. The molecular weight excluding hydrogens is 516 g/mol. The van der Waals surface area contributed by atoms with Crippen LogP contribution in [0.5, 0.6) is 5.75 Å². The molecule has 0 unspecified atom stereocenters. The highest BCUT2D eigenvalue weighted by molar-refractivity contribution is 9.10. The van der Waals surface area contributed by atoms with Gasteiger partial charge in [-0.15, -0.1) is 0 Å². The number of carbonyl (C=O) groups excluding carboxylic acids is 2. The van der Waals surface area contributed by atoms with Crippen molar-refractivity contribution in [3.8, 4) is 5.75 Å². The van der Waals surface area contributed by atoms with E-state index in [2.05, 4.69) is 21.2 Å². The van der Waals surface area contributed by atoms with E-state index in [0.717, 1.165) is 21.2 Å². The van der Waals surface area contributed by atoms with Crippen molar-refractivity contribution in [3.05, 3.63) is 99.0 Å². The smallest absolute Gasteiger partial charge is 0.261 e. The Morgan fingerprint density at radius 2 is 1.74 bits per heavy atom. The largest absolute Gasteiger partial charge is 0.482 e. The third-order valence-electron chi connectivity index (χ3n) is 5.34. The van der Waals surface area contributed by atoms with Gasteiger partial charge in [0.25, 0.3) is 5.91 Å². The molecule has 178 valence electrons. The fraction of sp³-hybridized carbons (Fsp3) is 0.259. The highest BCUT2D eigenvalue weighted by Crippen LogP contribution is 2.28. The van der Waals surface area contributed by atoms with Gasteiger partial charge in [0.1, 0.15) is 11.8 Å². The van der Waals surface area contributed by atoms with Gasteiger partial charge in [0.05, 0.1) is 5.02 Å². The lowest BCUT2D eigenvalue weighted by Gasteiger charge is -2.31. The molecule has 0 saturated heterocycles. The van der Waals surface area contributed by atoms with Crippen LogP contribution in [0.1, 0.15) is 23.6 Å². The molecule has 0 heterocycles. The zero-order valence-electron chi connectivity index (χ0n) is 19.3. The van der Waals surface area contributed by atoms with Gasteiger partial charge in [-0.25, -0.2) is 0 Å². The predicted molar refractivity (Wildman–Crippen MR) is 139 cm³/mol. The number of rotatable bonds is 10. The molecular formula is C27H28BrClN2O3. The minimum atomic E-state index is -0.694. The van der Waals surface area contributed by atoms with Crippen LogP contribution in [0.25, 0.3) is 0 Å². The molecule has 0 aromatic heterocycles. The van der Waals surface area contributed by atoms with E-state index < -0.39 is 6.04 Å². The van der Waals surface area contributed by atoms with Crippen molar-refractivity contribution in [1.29, 1.82) is 0 Å². The van der Waals surface area contributed by atoms with Crippen molar-refractivity contribution in [2.24, 2.45) is 0 Å². The monoisotopic (exact) mass is 542 g/mol. The lowest BCUT2D eigenvalue weighted by atomic mass is 10.0. The molecule has 7 heteroatoms. The fourth-order valence-corrected chi connectivity index (χ4v) is 4.28. The minimum absolute atomic E-state index is 0.200. The number of hydrogen-bond donors (Lipinski definition) is 1. The predicted octanol–water partition coefficient (Wildman–Crippen LogP) is 5.57. The number of hydrogen-bond acceptors (Lipinski definition) is 3. The topological polar surface area (TPSA) is 58.6 Å². The molecule has 2 amide bonds. The number of ether oxygens (including phenoxy) is 1. The van der Waals surface area contributed by atoms with E-state index in [-0.39, 0.29) is 25.0 Å². The van der Waals surface area contributed by atoms with Crippen molar-refractivity contribution in [2.45, 2.75) is 32.9 Å². The van der Waals surface area contributed by atoms with Crippen LogP contribution < -0.4 is 10.1 Å². The van der Waals surface area contributed by atoms with Crippen molar-refractivity contribution >= 4 is 39.3 Å². The minimum Gasteiger partial charge on any atom is -0.482 e. The summed E-state index contributed by atoms with van der Waals surface area (Å²) in [6.45, 7) is 4.39. The molecule has 1 atom stereocenters. The molecule has 0 fully saturated rings. The molecule has 0 spiro atoms. The molecule has 5 nitrogen and oxygen atoms in total. The first-order chi connectivity index (χ1) is 16.4. The number of halogens is 2. The standard InChI is InChI=1S/C27H28BrClN2O3/c1-3-30-27(33)24(15-20-7-5-4-6-8-20)31(17-21-11-9-19(2)10-12-21)26(32)18-34-25-14-13-22(28)16-23(25)29/h4-14,16,24H,3,15,17-18H2,1-2H3,(H,30,33)/t24-/m0/s1. The Bertz CT molecular complexity index is 1110. The number of carbonyl (C=O) groups is 2. The number of amides is 2. The summed E-state index contributed by atoms with van der Waals surface area (Å²) in [7, 11) is 0. The third kappa shape index (κ3) is 7.34. The summed E-state index contributed by atoms with van der Waals surface area (Å²) in [5.74, 6) is -0.0913. The normalized spacial score (nSPS) is 11.5. The summed E-state index contributed by atoms with van der Waals surface area (Å²) >= 11 is 9.62. The van der Waals surface area contributed by atoms with Crippen molar-refractivity contribution < 1.29 is 14.3 Å². The van der Waals surface area contributed by atoms with E-state index in [1.807, 2.05) is 68.4 Å². The molecule has 0 radical (unpaired) electrons. The zero-order valence-corrected chi connectivity index (χ0v) is 21.6. The van der Waals surface area contributed by atoms with Crippen LogP contribution in [0.4, 0.5) is 0 Å². The molecule has 3 aromatic rings. The van der Waals surface area contributed by atoms with Crippen LogP contribution >= 0.6 is 27.5 Å². The number of benzene rings is 3. The van der Waals surface area contributed by atoms with Crippen LogP contribution in [0.3, 0.4) is 0 Å². The summed E-state index contributed by atoms with van der Waals surface area (Å²) in [5, 5.41) is 3.29. The molecule has 3 rings (SSSR count). The molecule has 0 aliphatic rings. The second kappa shape index (κ2) is 12.6. The van der Waals surface area contributed by atoms with Crippen LogP contribution in [0, 0.1) is 6.92 Å². The summed E-state index contributed by atoms with van der Waals surface area (Å²) in [6, 6.07) is 22.1. The maximum absolute atomic E-state index is 13.5. The van der Waals surface area contributed by atoms with Crippen molar-refractivity contribution in [3.63, 3.8) is 0 Å². The van der Waals surface area contributed by atoms with Gasteiger partial charge in [0.15, 0.2) is 6.61 Å². The summed E-state index contributed by atoms with van der Waals surface area (Å²) in [4.78, 5) is 28.2. The highest BCUT2D eigenvalue weighted by Gasteiger charge is 2.30. The van der Waals surface area contributed by atoms with Gasteiger partial charge in [0.2, 0.25) is 5.91 Å². The summed E-state index contributed by atoms with van der Waals surface area (Å²) in [6.07, 6.45) is 0.392. The summed E-state index contributed by atoms with van der Waals surface area (Å²) < 4.78 is 6.57. The van der Waals surface area contributed by atoms with E-state index >= 15 is 0 Å². The van der Waals surface area contributed by atoms with E-state index in [9.17, 15) is 9.59 Å². The maximum Gasteiger partial charge on any atom is 0.261 e. The van der Waals surface area contributed by atoms with Crippen LogP contribution in [-0.2, 0) is 22.6 Å². The van der Waals surface area contributed by atoms with Crippen LogP contribution in [-0.4, -0.2) is 35.9 Å². The average molecular weight is 544 g/mol. The second-order valence-electron chi connectivity index (χ2n) is 7.97. The fourth-order valence-electron chi connectivity index (χ4n) is 3.55. The Morgan fingerprint density at radius 3 is 2.38 bits per heavy atom. The molecule has 0 saturated carbocycles. The van der Waals surface area contributed by atoms with Gasteiger partial charge in [-0.05, 0) is 43.2 Å². The lowest BCUT2D eigenvalue weighted by molar-refractivity contribution is -0.142. The zero-order chi connectivity index (χ0) is 24.5. The van der Waals surface area contributed by atoms with Gasteiger partial charge in [-0.3, -0.25) is 9.59 Å². The van der Waals surface area contributed by atoms with E-state index in [4.69, 9.17) is 16.3 Å². The number of nitrogens with one attached hydrogen (secondary N) is 1. The van der Waals surface area contributed by atoms with Crippen molar-refractivity contribution in [2.75, 3.05) is 13.2 Å². The Kier molecular flexibility index (Phi) is 9.54. The van der Waals surface area contributed by atoms with Gasteiger partial charge >= 0.3 is 0 Å². The van der Waals surface area contributed by atoms with Gasteiger partial charge in [-0.1, -0.05) is 87.7 Å². The number of aryl methyl sites for hydroxylation is 1. The van der Waals surface area contributed by atoms with Crippen LogP contribution in [0.2, 0.25) is 5.02 Å². The van der Waals surface area contributed by atoms with E-state index in [0.29, 0.717) is 23.7 Å². The molecule has 0 bridgehead atoms. The molecule has 34 heavy (non-hydrogen) atoms. The first kappa shape index (κ1) is 25.8. The summed E-state index contributed by atoms with van der Waals surface area (Å²) in [5.41, 5.74) is 3.03. The second-order valence-corrected chi connectivity index (χ2v) is 9.29. The third-order valence-corrected chi connectivity index (χ3v) is 6.13. The molecule has 0 aliphatic heterocycles. The van der Waals surface area contributed by atoms with Crippen LogP contribution in [0.15, 0.2) is 77.3 Å².